The van der Waals surface area contributed by atoms with Gasteiger partial charge in [-0.25, -0.2) is 0 Å². The Morgan fingerprint density at radius 3 is 2.85 bits per heavy atom. The Morgan fingerprint density at radius 2 is 1.97 bits per heavy atom. The lowest BCUT2D eigenvalue weighted by Crippen LogP contribution is -2.51. The summed E-state index contributed by atoms with van der Waals surface area (Å²) in [6.07, 6.45) is 1.78. The van der Waals surface area contributed by atoms with Gasteiger partial charge in [-0.05, 0) is 66.9 Å². The van der Waals surface area contributed by atoms with E-state index >= 15 is 0 Å². The molecule has 3 atom stereocenters. The molecule has 0 amide bonds. The van der Waals surface area contributed by atoms with Crippen molar-refractivity contribution in [2.24, 2.45) is 5.92 Å². The molecule has 3 aliphatic heterocycles. The number of benzene rings is 2. The van der Waals surface area contributed by atoms with Crippen LogP contribution in [0.4, 0.5) is 11.4 Å². The number of nitrogens with one attached hydrogen (secondary N) is 1. The minimum Gasteiger partial charge on any atom is -0.370 e. The van der Waals surface area contributed by atoms with Crippen LogP contribution in [0.15, 0.2) is 48.7 Å². The third kappa shape index (κ3) is 3.60. The van der Waals surface area contributed by atoms with Crippen molar-refractivity contribution in [3.8, 4) is 6.07 Å². The molecule has 6 rings (SSSR count). The summed E-state index contributed by atoms with van der Waals surface area (Å²) in [4.78, 5) is 12.2. The maximum atomic E-state index is 9.54. The van der Waals surface area contributed by atoms with Gasteiger partial charge in [0.25, 0.3) is 0 Å². The Morgan fingerprint density at radius 1 is 1.06 bits per heavy atom. The Hall–Kier alpha value is -3.14. The average Bonchev–Trinajstić information content (AvgIpc) is 3.09. The fourth-order valence-electron chi connectivity index (χ4n) is 6.16. The summed E-state index contributed by atoms with van der Waals surface area (Å²) in [5.41, 5.74) is 6.94. The molecule has 0 radical (unpaired) electrons. The molecular formula is C28H32N6. The van der Waals surface area contributed by atoms with Crippen molar-refractivity contribution in [3.63, 3.8) is 0 Å². The Balaban J connectivity index is 1.31. The molecule has 6 nitrogen and oxygen atoms in total. The highest BCUT2D eigenvalue weighted by Gasteiger charge is 2.39. The van der Waals surface area contributed by atoms with Crippen LogP contribution < -0.4 is 15.1 Å². The van der Waals surface area contributed by atoms with Crippen molar-refractivity contribution in [1.29, 1.82) is 5.26 Å². The van der Waals surface area contributed by atoms with Gasteiger partial charge >= 0.3 is 0 Å². The fraction of sp³-hybridized carbons (Fsp3) is 0.429. The summed E-state index contributed by atoms with van der Waals surface area (Å²) in [6.45, 7) is 12.0. The van der Waals surface area contributed by atoms with E-state index in [9.17, 15) is 5.26 Å². The second kappa shape index (κ2) is 8.57. The standard InChI is InChI=1S/C28H32N6/c1-19-14-30-10-11-32(15-19)23-6-7-24-22(12-23)17-34-20(2)16-33(18-27(24)34)26-8-5-21(13-29)28-25(26)4-3-9-31-28/h3-9,12,19-20,27,30H,10-11,14-18H2,1-2H3. The molecule has 3 unspecified atom stereocenters. The maximum absolute atomic E-state index is 9.54. The first-order valence-corrected chi connectivity index (χ1v) is 12.5. The van der Waals surface area contributed by atoms with Gasteiger partial charge in [-0.2, -0.15) is 5.26 Å². The van der Waals surface area contributed by atoms with E-state index in [0.29, 0.717) is 23.6 Å². The number of anilines is 2. The number of nitriles is 1. The van der Waals surface area contributed by atoms with E-state index in [-0.39, 0.29) is 0 Å². The predicted octanol–water partition coefficient (Wildman–Crippen LogP) is 3.92. The van der Waals surface area contributed by atoms with E-state index in [1.807, 2.05) is 12.1 Å². The largest absolute Gasteiger partial charge is 0.370 e. The fourth-order valence-corrected chi connectivity index (χ4v) is 6.16. The molecule has 2 aromatic carbocycles. The summed E-state index contributed by atoms with van der Waals surface area (Å²) < 4.78 is 0. The van der Waals surface area contributed by atoms with Crippen molar-refractivity contribution >= 4 is 22.3 Å². The zero-order valence-corrected chi connectivity index (χ0v) is 20.0. The van der Waals surface area contributed by atoms with Crippen molar-refractivity contribution in [1.82, 2.24) is 15.2 Å². The van der Waals surface area contributed by atoms with Crippen LogP contribution >= 0.6 is 0 Å². The third-order valence-corrected chi connectivity index (χ3v) is 7.84. The molecule has 0 aliphatic carbocycles. The molecule has 0 bridgehead atoms. The second-order valence-corrected chi connectivity index (χ2v) is 10.2. The normalized spacial score (nSPS) is 25.0. The summed E-state index contributed by atoms with van der Waals surface area (Å²) in [5.74, 6) is 0.660. The van der Waals surface area contributed by atoms with Crippen LogP contribution in [0.5, 0.6) is 0 Å². The highest BCUT2D eigenvalue weighted by atomic mass is 15.3. The molecule has 2 saturated heterocycles. The molecule has 1 N–H and O–H groups in total. The molecule has 3 aromatic rings. The molecule has 2 fully saturated rings. The van der Waals surface area contributed by atoms with Crippen LogP contribution in [-0.2, 0) is 6.54 Å². The van der Waals surface area contributed by atoms with Crippen LogP contribution in [0.25, 0.3) is 10.9 Å². The molecule has 34 heavy (non-hydrogen) atoms. The second-order valence-electron chi connectivity index (χ2n) is 10.2. The molecular weight excluding hydrogens is 420 g/mol. The number of hydrogen-bond donors (Lipinski definition) is 1. The van der Waals surface area contributed by atoms with Crippen LogP contribution in [-0.4, -0.2) is 55.2 Å². The maximum Gasteiger partial charge on any atom is 0.101 e. The molecule has 174 valence electrons. The zero-order valence-electron chi connectivity index (χ0n) is 20.0. The quantitative estimate of drug-likeness (QED) is 0.636. The molecule has 0 spiro atoms. The van der Waals surface area contributed by atoms with E-state index in [1.165, 1.54) is 22.5 Å². The van der Waals surface area contributed by atoms with Crippen molar-refractivity contribution in [2.45, 2.75) is 32.5 Å². The number of rotatable bonds is 2. The van der Waals surface area contributed by atoms with Gasteiger partial charge in [-0.1, -0.05) is 13.0 Å². The topological polar surface area (TPSA) is 58.4 Å². The van der Waals surface area contributed by atoms with E-state index < -0.39 is 0 Å². The highest BCUT2D eigenvalue weighted by molar-refractivity contribution is 5.95. The zero-order chi connectivity index (χ0) is 23.2. The summed E-state index contributed by atoms with van der Waals surface area (Å²) in [6, 6.07) is 18.4. The number of nitrogens with zero attached hydrogens (tertiary/aromatic N) is 5. The molecule has 3 aliphatic rings. The van der Waals surface area contributed by atoms with Gasteiger partial charge < -0.3 is 15.1 Å². The lowest BCUT2D eigenvalue weighted by atomic mass is 9.99. The van der Waals surface area contributed by atoms with E-state index in [2.05, 4.69) is 75.2 Å². The predicted molar refractivity (Wildman–Crippen MR) is 137 cm³/mol. The van der Waals surface area contributed by atoms with E-state index in [4.69, 9.17) is 0 Å². The van der Waals surface area contributed by atoms with Gasteiger partial charge in [0.15, 0.2) is 0 Å². The number of aromatic nitrogens is 1. The van der Waals surface area contributed by atoms with Gasteiger partial charge in [-0.15, -0.1) is 0 Å². The summed E-state index contributed by atoms with van der Waals surface area (Å²) in [5, 5.41) is 14.2. The average molecular weight is 453 g/mol. The van der Waals surface area contributed by atoms with Gasteiger partial charge in [0.2, 0.25) is 0 Å². The molecule has 4 heterocycles. The first-order valence-electron chi connectivity index (χ1n) is 12.5. The molecule has 6 heteroatoms. The van der Waals surface area contributed by atoms with E-state index in [1.54, 1.807) is 6.20 Å². The van der Waals surface area contributed by atoms with Crippen LogP contribution in [0.1, 0.15) is 36.6 Å². The smallest absolute Gasteiger partial charge is 0.101 e. The summed E-state index contributed by atoms with van der Waals surface area (Å²) in [7, 11) is 0. The molecule has 1 aromatic heterocycles. The Labute approximate surface area is 201 Å². The Bertz CT molecular complexity index is 1260. The number of piperazine rings is 1. The van der Waals surface area contributed by atoms with Crippen molar-refractivity contribution in [3.05, 3.63) is 65.4 Å². The SMILES string of the molecule is CC1CNCCN(c2ccc3c(c2)CN2C(C)CN(c4ccc(C#N)c5ncccc45)CC32)C1. The van der Waals surface area contributed by atoms with Gasteiger partial charge in [0.1, 0.15) is 6.07 Å². The first-order chi connectivity index (χ1) is 16.6. The summed E-state index contributed by atoms with van der Waals surface area (Å²) >= 11 is 0. The highest BCUT2D eigenvalue weighted by Crippen LogP contribution is 2.42. The molecule has 0 saturated carbocycles. The Kier molecular flexibility index (Phi) is 5.40. The number of hydrogen-bond acceptors (Lipinski definition) is 6. The minimum absolute atomic E-state index is 0.389. The lowest BCUT2D eigenvalue weighted by molar-refractivity contribution is 0.134. The monoisotopic (exact) mass is 452 g/mol. The minimum atomic E-state index is 0.389. The van der Waals surface area contributed by atoms with Crippen molar-refractivity contribution < 1.29 is 0 Å². The third-order valence-electron chi connectivity index (χ3n) is 7.84. The number of fused-ring (bicyclic) bond motifs is 4. The van der Waals surface area contributed by atoms with Gasteiger partial charge in [0.05, 0.1) is 17.1 Å². The van der Waals surface area contributed by atoms with Crippen LogP contribution in [0.3, 0.4) is 0 Å². The number of pyridine rings is 1. The van der Waals surface area contributed by atoms with Crippen LogP contribution in [0, 0.1) is 17.2 Å². The van der Waals surface area contributed by atoms with Gasteiger partial charge in [-0.3, -0.25) is 9.88 Å². The van der Waals surface area contributed by atoms with Gasteiger partial charge in [0, 0.05) is 68.3 Å². The van der Waals surface area contributed by atoms with Crippen LogP contribution in [0.2, 0.25) is 0 Å². The van der Waals surface area contributed by atoms with E-state index in [0.717, 1.165) is 56.7 Å². The first kappa shape index (κ1) is 21.4. The van der Waals surface area contributed by atoms with Crippen molar-refractivity contribution in [2.75, 3.05) is 49.1 Å². The lowest BCUT2D eigenvalue weighted by Gasteiger charge is -2.44.